The summed E-state index contributed by atoms with van der Waals surface area (Å²) in [5, 5.41) is 0.790. The summed E-state index contributed by atoms with van der Waals surface area (Å²) in [4.78, 5) is 48.7. The topological polar surface area (TPSA) is 109 Å². The summed E-state index contributed by atoms with van der Waals surface area (Å²) in [6, 6.07) is 12.7. The lowest BCUT2D eigenvalue weighted by atomic mass is 9.97. The Morgan fingerprint density at radius 1 is 0.795 bits per heavy atom. The van der Waals surface area contributed by atoms with Crippen LogP contribution in [0, 0.1) is 5.41 Å². The maximum atomic E-state index is 13.2. The average molecular weight is 603 g/mol. The third kappa shape index (κ3) is 9.79. The van der Waals surface area contributed by atoms with Crippen LogP contribution in [-0.2, 0) is 36.7 Å². The number of carbonyl (C=O) groups excluding carboxylic acids is 3. The van der Waals surface area contributed by atoms with E-state index in [-0.39, 0.29) is 12.6 Å². The van der Waals surface area contributed by atoms with Crippen LogP contribution in [0.15, 0.2) is 76.0 Å². The van der Waals surface area contributed by atoms with E-state index < -0.39 is 23.0 Å². The maximum Gasteiger partial charge on any atom is 0.344 e. The van der Waals surface area contributed by atoms with E-state index in [0.29, 0.717) is 59.5 Å². The molecule has 0 N–H and O–H groups in total. The molecule has 0 fully saturated rings. The molecule has 8 heteroatoms. The summed E-state index contributed by atoms with van der Waals surface area (Å²) in [5.41, 5.74) is 3.13. The van der Waals surface area contributed by atoms with E-state index >= 15 is 0 Å². The van der Waals surface area contributed by atoms with Gasteiger partial charge in [0.25, 0.3) is 0 Å². The Hall–Kier alpha value is -4.46. The zero-order chi connectivity index (χ0) is 32.4. The molecule has 234 valence electrons. The quantitative estimate of drug-likeness (QED) is 0.0622. The SMILES string of the molecule is C=C(C)C(=O)OCCCCc1cc(CCCCOC(=O)C(=C)C)c2oc(=O)c(-c3ccc(OC(=O)C(C)(C)C)cc3)cc2c1. The van der Waals surface area contributed by atoms with Crippen molar-refractivity contribution in [1.82, 2.24) is 0 Å². The first-order valence-electron chi connectivity index (χ1n) is 14.8. The monoisotopic (exact) mass is 602 g/mol. The van der Waals surface area contributed by atoms with Crippen LogP contribution in [0.1, 0.15) is 71.4 Å². The number of rotatable bonds is 14. The van der Waals surface area contributed by atoms with Crippen LogP contribution < -0.4 is 10.4 Å². The maximum absolute atomic E-state index is 13.2. The van der Waals surface area contributed by atoms with Gasteiger partial charge in [0.15, 0.2) is 0 Å². The van der Waals surface area contributed by atoms with Crippen molar-refractivity contribution in [2.45, 2.75) is 73.1 Å². The minimum Gasteiger partial charge on any atom is -0.462 e. The van der Waals surface area contributed by atoms with Gasteiger partial charge in [0.2, 0.25) is 0 Å². The third-order valence-corrected chi connectivity index (χ3v) is 6.82. The van der Waals surface area contributed by atoms with E-state index in [4.69, 9.17) is 18.6 Å². The molecule has 3 rings (SSSR count). The number of hydrogen-bond acceptors (Lipinski definition) is 8. The Labute approximate surface area is 258 Å². The summed E-state index contributed by atoms with van der Waals surface area (Å²) in [7, 11) is 0. The molecule has 0 aliphatic rings. The fraction of sp³-hybridized carbons (Fsp3) is 0.389. The minimum atomic E-state index is -0.641. The van der Waals surface area contributed by atoms with E-state index in [2.05, 4.69) is 13.2 Å². The van der Waals surface area contributed by atoms with Gasteiger partial charge in [-0.05, 0) is 114 Å². The molecule has 0 saturated heterocycles. The molecule has 1 heterocycles. The highest BCUT2D eigenvalue weighted by Crippen LogP contribution is 2.28. The van der Waals surface area contributed by atoms with Gasteiger partial charge in [-0.25, -0.2) is 14.4 Å². The van der Waals surface area contributed by atoms with Crippen LogP contribution >= 0.6 is 0 Å². The number of carbonyl (C=O) groups is 3. The van der Waals surface area contributed by atoms with Crippen molar-refractivity contribution in [3.8, 4) is 16.9 Å². The van der Waals surface area contributed by atoms with Gasteiger partial charge in [0, 0.05) is 16.5 Å². The Morgan fingerprint density at radius 3 is 1.91 bits per heavy atom. The highest BCUT2D eigenvalue weighted by molar-refractivity contribution is 5.87. The molecule has 3 aromatic rings. The summed E-state index contributed by atoms with van der Waals surface area (Å²) in [6.45, 7) is 16.4. The van der Waals surface area contributed by atoms with Crippen molar-refractivity contribution >= 4 is 28.9 Å². The predicted octanol–water partition coefficient (Wildman–Crippen LogP) is 7.30. The predicted molar refractivity (Wildman–Crippen MR) is 170 cm³/mol. The van der Waals surface area contributed by atoms with Gasteiger partial charge in [0.05, 0.1) is 24.2 Å². The van der Waals surface area contributed by atoms with Gasteiger partial charge < -0.3 is 18.6 Å². The summed E-state index contributed by atoms with van der Waals surface area (Å²) < 4.78 is 21.8. The highest BCUT2D eigenvalue weighted by Gasteiger charge is 2.23. The van der Waals surface area contributed by atoms with E-state index in [0.717, 1.165) is 35.8 Å². The lowest BCUT2D eigenvalue weighted by molar-refractivity contribution is -0.143. The molecule has 2 aromatic carbocycles. The van der Waals surface area contributed by atoms with E-state index in [1.165, 1.54) is 0 Å². The highest BCUT2D eigenvalue weighted by atomic mass is 16.5. The van der Waals surface area contributed by atoms with Crippen molar-refractivity contribution in [3.63, 3.8) is 0 Å². The number of esters is 3. The Kier molecular flexibility index (Phi) is 11.9. The second-order valence-corrected chi connectivity index (χ2v) is 12.0. The first-order valence-corrected chi connectivity index (χ1v) is 14.8. The number of benzene rings is 2. The van der Waals surface area contributed by atoms with Crippen LogP contribution in [-0.4, -0.2) is 31.1 Å². The van der Waals surface area contributed by atoms with Gasteiger partial charge in [-0.1, -0.05) is 31.4 Å². The molecule has 0 aliphatic carbocycles. The number of aryl methyl sites for hydroxylation is 2. The second-order valence-electron chi connectivity index (χ2n) is 12.0. The molecule has 8 nitrogen and oxygen atoms in total. The van der Waals surface area contributed by atoms with Crippen LogP contribution in [0.25, 0.3) is 22.1 Å². The summed E-state index contributed by atoms with van der Waals surface area (Å²) in [5.74, 6) is -0.759. The second kappa shape index (κ2) is 15.3. The molecule has 44 heavy (non-hydrogen) atoms. The molecular weight excluding hydrogens is 560 g/mol. The largest absolute Gasteiger partial charge is 0.462 e. The lowest BCUT2D eigenvalue weighted by Gasteiger charge is -2.16. The summed E-state index contributed by atoms with van der Waals surface area (Å²) >= 11 is 0. The van der Waals surface area contributed by atoms with Gasteiger partial charge in [-0.15, -0.1) is 0 Å². The third-order valence-electron chi connectivity index (χ3n) is 6.82. The minimum absolute atomic E-state index is 0.279. The first-order chi connectivity index (χ1) is 20.8. The number of ether oxygens (including phenoxy) is 3. The molecule has 0 atom stereocenters. The molecular formula is C36H42O8. The van der Waals surface area contributed by atoms with Crippen LogP contribution in [0.4, 0.5) is 0 Å². The van der Waals surface area contributed by atoms with Crippen LogP contribution in [0.5, 0.6) is 5.75 Å². The molecule has 0 amide bonds. The van der Waals surface area contributed by atoms with Gasteiger partial charge in [-0.3, -0.25) is 4.79 Å². The van der Waals surface area contributed by atoms with Crippen LogP contribution in [0.3, 0.4) is 0 Å². The lowest BCUT2D eigenvalue weighted by Crippen LogP contribution is -2.25. The Morgan fingerprint density at radius 2 is 1.36 bits per heavy atom. The molecule has 0 unspecified atom stereocenters. The van der Waals surface area contributed by atoms with Crippen molar-refractivity contribution in [2.75, 3.05) is 13.2 Å². The van der Waals surface area contributed by atoms with Crippen molar-refractivity contribution < 1.29 is 33.0 Å². The van der Waals surface area contributed by atoms with Gasteiger partial charge in [-0.2, -0.15) is 0 Å². The molecule has 0 bridgehead atoms. The number of unbranched alkanes of at least 4 members (excludes halogenated alkanes) is 2. The number of fused-ring (bicyclic) bond motifs is 1. The normalized spacial score (nSPS) is 11.2. The fourth-order valence-electron chi connectivity index (χ4n) is 4.29. The zero-order valence-electron chi connectivity index (χ0n) is 26.4. The zero-order valence-corrected chi connectivity index (χ0v) is 26.4. The van der Waals surface area contributed by atoms with E-state index in [1.807, 2.05) is 18.2 Å². The fourth-order valence-corrected chi connectivity index (χ4v) is 4.29. The van der Waals surface area contributed by atoms with Gasteiger partial charge >= 0.3 is 23.5 Å². The van der Waals surface area contributed by atoms with Crippen LogP contribution in [0.2, 0.25) is 0 Å². The molecule has 0 radical (unpaired) electrons. The molecule has 0 aliphatic heterocycles. The summed E-state index contributed by atoms with van der Waals surface area (Å²) in [6.07, 6.45) is 4.23. The Bertz CT molecular complexity index is 1590. The van der Waals surface area contributed by atoms with Gasteiger partial charge in [0.1, 0.15) is 11.3 Å². The van der Waals surface area contributed by atoms with Crippen molar-refractivity contribution in [2.24, 2.45) is 5.41 Å². The number of hydrogen-bond donors (Lipinski definition) is 0. The van der Waals surface area contributed by atoms with Crippen molar-refractivity contribution in [3.05, 3.63) is 88.3 Å². The Balaban J connectivity index is 1.83. The molecule has 0 spiro atoms. The molecule has 0 saturated carbocycles. The standard InChI is InChI=1S/C36H42O8/c1-23(2)32(37)41-18-10-8-12-25-20-27(13-9-11-19-42-33(38)24(3)4)31-28(21-25)22-30(34(39)44-31)26-14-16-29(17-15-26)43-35(40)36(5,6)7/h14-17,20-22H,1,3,8-13,18-19H2,2,4-7H3. The van der Waals surface area contributed by atoms with Crippen molar-refractivity contribution in [1.29, 1.82) is 0 Å². The smallest absolute Gasteiger partial charge is 0.344 e. The molecule has 1 aromatic heterocycles. The first kappa shape index (κ1) is 34.0. The van der Waals surface area contributed by atoms with E-state index in [9.17, 15) is 19.2 Å². The average Bonchev–Trinajstić information content (AvgIpc) is 2.96. The van der Waals surface area contributed by atoms with E-state index in [1.54, 1.807) is 58.9 Å².